The quantitative estimate of drug-likeness (QED) is 0.634. The summed E-state index contributed by atoms with van der Waals surface area (Å²) in [6.07, 6.45) is 1.63. The molecule has 3 aromatic rings. The first kappa shape index (κ1) is 19.7. The largest absolute Gasteiger partial charge is 0.302 e. The van der Waals surface area contributed by atoms with E-state index in [1.165, 1.54) is 58.0 Å². The number of aromatic nitrogens is 2. The van der Waals surface area contributed by atoms with Gasteiger partial charge in [0.2, 0.25) is 5.91 Å². The number of halogens is 1. The lowest BCUT2D eigenvalue weighted by atomic mass is 10.0. The molecular formula is C18H17FN4O4S. The fourth-order valence-electron chi connectivity index (χ4n) is 2.56. The minimum Gasteiger partial charge on any atom is -0.302 e. The van der Waals surface area contributed by atoms with Crippen LogP contribution < -0.4 is 9.89 Å². The van der Waals surface area contributed by atoms with Crippen LogP contribution in [0.25, 0.3) is 22.4 Å². The van der Waals surface area contributed by atoms with Crippen molar-refractivity contribution in [1.82, 2.24) is 14.8 Å². The topological polar surface area (TPSA) is 105 Å². The second kappa shape index (κ2) is 7.50. The molecule has 0 saturated heterocycles. The summed E-state index contributed by atoms with van der Waals surface area (Å²) in [5.41, 5.74) is 2.35. The molecule has 2 N–H and O–H groups in total. The molecule has 0 atom stereocenters. The molecule has 8 nitrogen and oxygen atoms in total. The predicted molar refractivity (Wildman–Crippen MR) is 100.0 cm³/mol. The van der Waals surface area contributed by atoms with Gasteiger partial charge in [0.05, 0.1) is 11.1 Å². The number of sulfonamides is 1. The number of nitrogens with one attached hydrogen (secondary N) is 1. The third-order valence-corrected chi connectivity index (χ3v) is 5.31. The van der Waals surface area contributed by atoms with Gasteiger partial charge in [-0.15, -0.1) is 0 Å². The monoisotopic (exact) mass is 404 g/mol. The smallest absolute Gasteiger partial charge is 0.262 e. The minimum atomic E-state index is -4.00. The van der Waals surface area contributed by atoms with Crippen LogP contribution in [0.3, 0.4) is 0 Å². The molecule has 0 fully saturated rings. The molecule has 0 radical (unpaired) electrons. The summed E-state index contributed by atoms with van der Waals surface area (Å²) in [7, 11) is -2.45. The summed E-state index contributed by atoms with van der Waals surface area (Å²) in [4.78, 5) is 14.2. The standard InChI is InChI=1S/C18H17FN4O4S/c1-12(24)22(2)23-11-17(13-3-7-15(19)8-4-13)18(20-23)14-5-9-16(10-6-14)28(26,27)21-25/h3-11,21,25H,1-2H3. The Morgan fingerprint density at radius 3 is 2.21 bits per heavy atom. The molecule has 2 aromatic carbocycles. The van der Waals surface area contributed by atoms with Crippen LogP contribution in [0.1, 0.15) is 6.92 Å². The predicted octanol–water partition coefficient (Wildman–Crippen LogP) is 2.14. The first-order chi connectivity index (χ1) is 13.2. The van der Waals surface area contributed by atoms with Crippen molar-refractivity contribution in [2.75, 3.05) is 12.1 Å². The van der Waals surface area contributed by atoms with E-state index in [0.29, 0.717) is 22.4 Å². The Balaban J connectivity index is 2.13. The van der Waals surface area contributed by atoms with Crippen LogP contribution in [0.15, 0.2) is 59.6 Å². The van der Waals surface area contributed by atoms with Gasteiger partial charge >= 0.3 is 0 Å². The van der Waals surface area contributed by atoms with Gasteiger partial charge < -0.3 is 5.21 Å². The van der Waals surface area contributed by atoms with Crippen molar-refractivity contribution in [1.29, 1.82) is 0 Å². The van der Waals surface area contributed by atoms with Gasteiger partial charge in [-0.1, -0.05) is 29.2 Å². The van der Waals surface area contributed by atoms with E-state index in [-0.39, 0.29) is 16.6 Å². The van der Waals surface area contributed by atoms with E-state index < -0.39 is 10.0 Å². The van der Waals surface area contributed by atoms with Crippen LogP contribution >= 0.6 is 0 Å². The van der Waals surface area contributed by atoms with Gasteiger partial charge in [-0.05, 0) is 29.8 Å². The molecule has 3 rings (SSSR count). The molecule has 0 aliphatic carbocycles. The maximum absolute atomic E-state index is 13.3. The summed E-state index contributed by atoms with van der Waals surface area (Å²) in [5, 5.41) is 14.5. The lowest BCUT2D eigenvalue weighted by molar-refractivity contribution is -0.117. The number of hydrogen-bond donors (Lipinski definition) is 2. The molecule has 1 heterocycles. The number of hydrogen-bond acceptors (Lipinski definition) is 5. The van der Waals surface area contributed by atoms with Gasteiger partial charge in [0.1, 0.15) is 11.5 Å². The number of carbonyl (C=O) groups excluding carboxylic acids is 1. The van der Waals surface area contributed by atoms with E-state index >= 15 is 0 Å². The average Bonchev–Trinajstić information content (AvgIpc) is 3.13. The van der Waals surface area contributed by atoms with Crippen molar-refractivity contribution in [2.45, 2.75) is 11.8 Å². The molecular weight excluding hydrogens is 387 g/mol. The second-order valence-corrected chi connectivity index (χ2v) is 7.64. The van der Waals surface area contributed by atoms with E-state index in [0.717, 1.165) is 0 Å². The third-order valence-electron chi connectivity index (χ3n) is 4.18. The molecule has 146 valence electrons. The summed E-state index contributed by atoms with van der Waals surface area (Å²) < 4.78 is 36.7. The molecule has 28 heavy (non-hydrogen) atoms. The molecule has 0 bridgehead atoms. The van der Waals surface area contributed by atoms with E-state index in [4.69, 9.17) is 5.21 Å². The van der Waals surface area contributed by atoms with Crippen molar-refractivity contribution >= 4 is 15.9 Å². The van der Waals surface area contributed by atoms with Crippen molar-refractivity contribution in [3.05, 3.63) is 60.5 Å². The Kier molecular flexibility index (Phi) is 5.27. The molecule has 10 heteroatoms. The lowest BCUT2D eigenvalue weighted by Gasteiger charge is -2.13. The molecule has 0 saturated carbocycles. The highest BCUT2D eigenvalue weighted by molar-refractivity contribution is 7.89. The Morgan fingerprint density at radius 2 is 1.68 bits per heavy atom. The highest BCUT2D eigenvalue weighted by Crippen LogP contribution is 2.31. The molecule has 1 amide bonds. The highest BCUT2D eigenvalue weighted by Gasteiger charge is 2.18. The number of carbonyl (C=O) groups is 1. The first-order valence-corrected chi connectivity index (χ1v) is 9.58. The average molecular weight is 404 g/mol. The Hall–Kier alpha value is -3.08. The fourth-order valence-corrected chi connectivity index (χ4v) is 3.16. The van der Waals surface area contributed by atoms with Crippen LogP contribution in [0.2, 0.25) is 0 Å². The minimum absolute atomic E-state index is 0.123. The van der Waals surface area contributed by atoms with Crippen molar-refractivity contribution in [3.8, 4) is 22.4 Å². The Labute approximate surface area is 160 Å². The van der Waals surface area contributed by atoms with Crippen molar-refractivity contribution < 1.29 is 22.8 Å². The number of rotatable bonds is 5. The van der Waals surface area contributed by atoms with Crippen LogP contribution in [-0.4, -0.2) is 36.5 Å². The molecule has 0 aliphatic heterocycles. The van der Waals surface area contributed by atoms with E-state index in [1.54, 1.807) is 25.4 Å². The summed E-state index contributed by atoms with van der Waals surface area (Å²) >= 11 is 0. The molecule has 0 aliphatic rings. The molecule has 0 unspecified atom stereocenters. The highest BCUT2D eigenvalue weighted by atomic mass is 32.2. The van der Waals surface area contributed by atoms with Crippen LogP contribution in [0.4, 0.5) is 4.39 Å². The van der Waals surface area contributed by atoms with E-state index in [2.05, 4.69) is 5.10 Å². The zero-order valence-electron chi connectivity index (χ0n) is 15.0. The van der Waals surface area contributed by atoms with Crippen LogP contribution in [0, 0.1) is 5.82 Å². The van der Waals surface area contributed by atoms with Gasteiger partial charge in [0, 0.05) is 25.1 Å². The van der Waals surface area contributed by atoms with Crippen molar-refractivity contribution in [2.24, 2.45) is 0 Å². The van der Waals surface area contributed by atoms with E-state index in [9.17, 15) is 17.6 Å². The maximum atomic E-state index is 13.3. The normalized spacial score (nSPS) is 11.4. The maximum Gasteiger partial charge on any atom is 0.262 e. The SMILES string of the molecule is CC(=O)N(C)n1cc(-c2ccc(F)cc2)c(-c2ccc(S(=O)(=O)NO)cc2)n1. The van der Waals surface area contributed by atoms with Crippen molar-refractivity contribution in [3.63, 3.8) is 0 Å². The fraction of sp³-hybridized carbons (Fsp3) is 0.111. The van der Waals surface area contributed by atoms with Gasteiger partial charge in [-0.3, -0.25) is 4.79 Å². The van der Waals surface area contributed by atoms with Gasteiger partial charge in [-0.25, -0.2) is 17.8 Å². The Bertz CT molecular complexity index is 1110. The summed E-state index contributed by atoms with van der Waals surface area (Å²) in [6.45, 7) is 1.39. The molecule has 0 spiro atoms. The summed E-state index contributed by atoms with van der Waals surface area (Å²) in [5.74, 6) is -0.625. The van der Waals surface area contributed by atoms with Crippen LogP contribution in [-0.2, 0) is 14.8 Å². The second-order valence-electron chi connectivity index (χ2n) is 5.98. The number of amides is 1. The lowest BCUT2D eigenvalue weighted by Crippen LogP contribution is -2.34. The first-order valence-electron chi connectivity index (χ1n) is 8.09. The van der Waals surface area contributed by atoms with Gasteiger partial charge in [-0.2, -0.15) is 9.89 Å². The Morgan fingerprint density at radius 1 is 1.11 bits per heavy atom. The van der Waals surface area contributed by atoms with Gasteiger partial charge in [0.15, 0.2) is 0 Å². The molecule has 1 aromatic heterocycles. The zero-order valence-corrected chi connectivity index (χ0v) is 15.8. The van der Waals surface area contributed by atoms with Gasteiger partial charge in [0.25, 0.3) is 10.0 Å². The zero-order chi connectivity index (χ0) is 20.5. The van der Waals surface area contributed by atoms with Crippen LogP contribution in [0.5, 0.6) is 0 Å². The number of nitrogens with zero attached hydrogens (tertiary/aromatic N) is 3. The van der Waals surface area contributed by atoms with E-state index in [1.807, 2.05) is 0 Å². The third kappa shape index (κ3) is 3.79. The summed E-state index contributed by atoms with van der Waals surface area (Å²) in [6, 6.07) is 11.5. The number of benzene rings is 2.